The number of nitrogens with one attached hydrogen (secondary N) is 1. The van der Waals surface area contributed by atoms with Crippen molar-refractivity contribution in [1.82, 2.24) is 19.3 Å². The van der Waals surface area contributed by atoms with E-state index in [0.29, 0.717) is 34.5 Å². The largest absolute Gasteiger partial charge is 0.410 e. The van der Waals surface area contributed by atoms with Crippen molar-refractivity contribution in [3.63, 3.8) is 0 Å². The van der Waals surface area contributed by atoms with E-state index in [1.165, 1.54) is 6.92 Å². The van der Waals surface area contributed by atoms with Crippen LogP contribution in [0.3, 0.4) is 0 Å². The maximum Gasteiger partial charge on any atom is 0.410 e. The fraction of sp³-hybridized carbons (Fsp3) is 0.520. The number of rotatable bonds is 7. The van der Waals surface area contributed by atoms with Crippen molar-refractivity contribution >= 4 is 28.3 Å². The molecule has 37 heavy (non-hydrogen) atoms. The van der Waals surface area contributed by atoms with Crippen molar-refractivity contribution in [2.45, 2.75) is 71.0 Å². The lowest BCUT2D eigenvalue weighted by molar-refractivity contribution is -0.166. The van der Waals surface area contributed by atoms with E-state index in [1.54, 1.807) is 23.2 Å². The number of ether oxygens (including phenoxy) is 1. The van der Waals surface area contributed by atoms with Gasteiger partial charge in [0.25, 0.3) is 5.56 Å². The number of fused-ring (bicyclic) bond motifs is 1. The molecule has 5 rings (SSSR count). The fourth-order valence-corrected chi connectivity index (χ4v) is 4.62. The Morgan fingerprint density at radius 2 is 1.89 bits per heavy atom. The van der Waals surface area contributed by atoms with Crippen LogP contribution in [-0.4, -0.2) is 56.7 Å². The van der Waals surface area contributed by atoms with E-state index in [9.17, 15) is 22.8 Å². The van der Waals surface area contributed by atoms with Crippen LogP contribution in [0.4, 0.5) is 24.7 Å². The van der Waals surface area contributed by atoms with E-state index in [4.69, 9.17) is 4.74 Å². The lowest BCUT2D eigenvalue weighted by Crippen LogP contribution is -2.55. The molecule has 1 saturated carbocycles. The first-order valence-electron chi connectivity index (χ1n) is 12.3. The van der Waals surface area contributed by atoms with Gasteiger partial charge in [-0.3, -0.25) is 9.59 Å². The number of alkyl halides is 3. The van der Waals surface area contributed by atoms with Crippen LogP contribution in [0.25, 0.3) is 22.2 Å². The van der Waals surface area contributed by atoms with Gasteiger partial charge in [0.2, 0.25) is 5.91 Å². The van der Waals surface area contributed by atoms with Gasteiger partial charge in [0, 0.05) is 43.2 Å². The van der Waals surface area contributed by atoms with Crippen LogP contribution in [-0.2, 0) is 9.53 Å². The first-order chi connectivity index (χ1) is 17.4. The number of amides is 1. The number of hydrogen-bond donors (Lipinski definition) is 1. The van der Waals surface area contributed by atoms with Crippen LogP contribution in [0.15, 0.2) is 29.3 Å². The summed E-state index contributed by atoms with van der Waals surface area (Å²) in [6.07, 6.45) is 0.683. The number of halogens is 3. The third-order valence-electron chi connectivity index (χ3n) is 6.65. The third-order valence-corrected chi connectivity index (χ3v) is 6.65. The number of aromatic nitrogens is 4. The predicted molar refractivity (Wildman–Crippen MR) is 133 cm³/mol. The molecular weight excluding hydrogens is 489 g/mol. The van der Waals surface area contributed by atoms with Crippen molar-refractivity contribution in [3.05, 3.63) is 34.9 Å². The molecule has 4 heterocycles. The molecule has 1 saturated heterocycles. The number of anilines is 2. The molecule has 1 aliphatic carbocycles. The van der Waals surface area contributed by atoms with Gasteiger partial charge in [-0.2, -0.15) is 18.3 Å². The molecule has 0 unspecified atom stereocenters. The normalized spacial score (nSPS) is 17.4. The summed E-state index contributed by atoms with van der Waals surface area (Å²) in [6.45, 7) is 6.91. The summed E-state index contributed by atoms with van der Waals surface area (Å²) in [7, 11) is 0. The van der Waals surface area contributed by atoms with Gasteiger partial charge in [0.1, 0.15) is 17.5 Å². The molecule has 0 radical (unpaired) electrons. The molecular formula is C25H29F3N6O3. The summed E-state index contributed by atoms with van der Waals surface area (Å²) in [5.74, 6) is 0.0300. The molecule has 3 aromatic rings. The van der Waals surface area contributed by atoms with Crippen LogP contribution in [0, 0.1) is 0 Å². The number of pyridine rings is 1. The average Bonchev–Trinajstić information content (AvgIpc) is 3.55. The van der Waals surface area contributed by atoms with Gasteiger partial charge >= 0.3 is 6.18 Å². The second-order valence-electron chi connectivity index (χ2n) is 10.0. The van der Waals surface area contributed by atoms with Crippen LogP contribution in [0.2, 0.25) is 0 Å². The molecule has 12 heteroatoms. The van der Waals surface area contributed by atoms with Crippen molar-refractivity contribution in [3.8, 4) is 11.3 Å². The Bertz CT molecular complexity index is 1400. The second-order valence-corrected chi connectivity index (χ2v) is 10.0. The van der Waals surface area contributed by atoms with Crippen LogP contribution in [0.1, 0.15) is 52.6 Å². The van der Waals surface area contributed by atoms with Crippen molar-refractivity contribution in [2.24, 2.45) is 0 Å². The molecule has 2 fully saturated rings. The summed E-state index contributed by atoms with van der Waals surface area (Å²) in [5.41, 5.74) is 0.932. The zero-order valence-electron chi connectivity index (χ0n) is 21.0. The summed E-state index contributed by atoms with van der Waals surface area (Å²) in [6, 6.07) is 1.38. The van der Waals surface area contributed by atoms with Crippen molar-refractivity contribution in [1.29, 1.82) is 0 Å². The fourth-order valence-electron chi connectivity index (χ4n) is 4.62. The molecule has 1 atom stereocenters. The smallest absolute Gasteiger partial charge is 0.372 e. The van der Waals surface area contributed by atoms with Gasteiger partial charge < -0.3 is 19.5 Å². The highest BCUT2D eigenvalue weighted by atomic mass is 19.4. The van der Waals surface area contributed by atoms with Crippen molar-refractivity contribution < 1.29 is 22.7 Å². The van der Waals surface area contributed by atoms with E-state index >= 15 is 0 Å². The minimum Gasteiger partial charge on any atom is -0.372 e. The van der Waals surface area contributed by atoms with Gasteiger partial charge in [0.15, 0.2) is 0 Å². The molecule has 0 spiro atoms. The monoisotopic (exact) mass is 518 g/mol. The topological polar surface area (TPSA) is 94.3 Å². The molecule has 0 bridgehead atoms. The van der Waals surface area contributed by atoms with E-state index in [0.717, 1.165) is 25.3 Å². The molecule has 0 aromatic carbocycles. The van der Waals surface area contributed by atoms with Gasteiger partial charge in [-0.05, 0) is 45.7 Å². The Labute approximate surface area is 211 Å². The highest BCUT2D eigenvalue weighted by Gasteiger charge is 2.40. The molecule has 3 aromatic heterocycles. The Kier molecular flexibility index (Phi) is 6.25. The van der Waals surface area contributed by atoms with Gasteiger partial charge in [-0.25, -0.2) is 9.67 Å². The highest BCUT2D eigenvalue weighted by molar-refractivity contribution is 5.98. The number of carbonyl (C=O) groups excluding carboxylic acids is 1. The van der Waals surface area contributed by atoms with E-state index in [1.807, 2.05) is 24.6 Å². The quantitative estimate of drug-likeness (QED) is 0.502. The van der Waals surface area contributed by atoms with Crippen LogP contribution < -0.4 is 15.8 Å². The minimum absolute atomic E-state index is 0.00188. The predicted octanol–water partition coefficient (Wildman–Crippen LogP) is 4.29. The lowest BCUT2D eigenvalue weighted by atomic mass is 10.1. The third kappa shape index (κ3) is 4.94. The number of nitrogens with zero attached hydrogens (tertiary/aromatic N) is 5. The number of carbonyl (C=O) groups is 1. The SMILES string of the molecule is CC(=O)Nc1cc2c(-c3cc(N4CC(OC(C)C)C4)c(=O)n([C@@H](C)C(F)(F)F)n3)cn(C3CC3)c2cn1. The first-order valence-corrected chi connectivity index (χ1v) is 12.3. The highest BCUT2D eigenvalue weighted by Crippen LogP contribution is 2.42. The standard InChI is InChI=1S/C25H29F3N6O3/c1-13(2)37-17-10-32(11-17)21-8-20(31-34(24(21)36)14(3)25(26,27)28)19-12-33(16-5-6-16)22-9-29-23(7-18(19)22)30-15(4)35/h7-9,12-14,16-17H,5-6,10-11H2,1-4H3,(H,29,30,35)/t14-/m0/s1. The second kappa shape index (κ2) is 9.16. The van der Waals surface area contributed by atoms with Crippen LogP contribution >= 0.6 is 0 Å². The van der Waals surface area contributed by atoms with Crippen LogP contribution in [0.5, 0.6) is 0 Å². The maximum atomic E-state index is 13.7. The molecule has 1 N–H and O–H groups in total. The summed E-state index contributed by atoms with van der Waals surface area (Å²) >= 11 is 0. The Morgan fingerprint density at radius 1 is 1.19 bits per heavy atom. The Hall–Kier alpha value is -3.41. The first kappa shape index (κ1) is 25.2. The maximum absolute atomic E-state index is 13.7. The van der Waals surface area contributed by atoms with Gasteiger partial charge in [-0.15, -0.1) is 0 Å². The summed E-state index contributed by atoms with van der Waals surface area (Å²) in [4.78, 5) is 30.9. The zero-order chi connectivity index (χ0) is 26.6. The Morgan fingerprint density at radius 3 is 2.49 bits per heavy atom. The minimum atomic E-state index is -4.66. The lowest BCUT2D eigenvalue weighted by Gasteiger charge is -2.41. The van der Waals surface area contributed by atoms with Gasteiger partial charge in [0.05, 0.1) is 29.6 Å². The summed E-state index contributed by atoms with van der Waals surface area (Å²) < 4.78 is 49.6. The molecule has 198 valence electrons. The average molecular weight is 519 g/mol. The zero-order valence-corrected chi connectivity index (χ0v) is 21.0. The molecule has 2 aliphatic rings. The van der Waals surface area contributed by atoms with Gasteiger partial charge in [-0.1, -0.05) is 0 Å². The van der Waals surface area contributed by atoms with E-state index < -0.39 is 17.8 Å². The molecule has 1 amide bonds. The van der Waals surface area contributed by atoms with E-state index in [-0.39, 0.29) is 35.5 Å². The van der Waals surface area contributed by atoms with E-state index in [2.05, 4.69) is 15.4 Å². The molecule has 1 aliphatic heterocycles. The number of hydrogen-bond acceptors (Lipinski definition) is 6. The molecule has 9 nitrogen and oxygen atoms in total. The summed E-state index contributed by atoms with van der Waals surface area (Å²) in [5, 5.41) is 7.55. The Balaban J connectivity index is 1.65. The van der Waals surface area contributed by atoms with Crippen molar-refractivity contribution in [2.75, 3.05) is 23.3 Å².